The van der Waals surface area contributed by atoms with Crippen molar-refractivity contribution in [3.05, 3.63) is 34.4 Å². The fourth-order valence-electron chi connectivity index (χ4n) is 1.45. The quantitative estimate of drug-likeness (QED) is 0.590. The van der Waals surface area contributed by atoms with E-state index in [1.165, 1.54) is 6.07 Å². The van der Waals surface area contributed by atoms with Crippen LogP contribution in [0.2, 0.25) is 0 Å². The van der Waals surface area contributed by atoms with Gasteiger partial charge in [0.2, 0.25) is 0 Å². The van der Waals surface area contributed by atoms with Gasteiger partial charge in [-0.3, -0.25) is 9.59 Å². The number of nitrogens with zero attached hydrogens (tertiary/aromatic N) is 1. The smallest absolute Gasteiger partial charge is 0.298 e. The average molecular weight is 241 g/mol. The summed E-state index contributed by atoms with van der Waals surface area (Å²) in [4.78, 5) is 21.8. The van der Waals surface area contributed by atoms with Crippen molar-refractivity contribution < 1.29 is 22.8 Å². The van der Waals surface area contributed by atoms with Crippen molar-refractivity contribution in [2.75, 3.05) is 0 Å². The summed E-state index contributed by atoms with van der Waals surface area (Å²) >= 11 is 0. The number of carbonyl (C=O) groups is 2. The van der Waals surface area contributed by atoms with E-state index >= 15 is 0 Å². The molecule has 0 unspecified atom stereocenters. The Balaban J connectivity index is 3.72. The maximum absolute atomic E-state index is 12.6. The Hall–Kier alpha value is -2.16. The van der Waals surface area contributed by atoms with E-state index < -0.39 is 28.6 Å². The second kappa shape index (κ2) is 4.37. The van der Waals surface area contributed by atoms with Crippen LogP contribution in [0.5, 0.6) is 0 Å². The maximum Gasteiger partial charge on any atom is 0.417 e. The van der Waals surface area contributed by atoms with Gasteiger partial charge in [0.25, 0.3) is 0 Å². The Morgan fingerprint density at radius 1 is 1.41 bits per heavy atom. The Bertz CT molecular complexity index is 527. The maximum atomic E-state index is 12.6. The third kappa shape index (κ3) is 2.33. The number of nitriles is 1. The summed E-state index contributed by atoms with van der Waals surface area (Å²) in [6.45, 7) is 1.00. The van der Waals surface area contributed by atoms with Gasteiger partial charge in [0.15, 0.2) is 12.1 Å². The molecule has 0 N–H and O–H groups in total. The summed E-state index contributed by atoms with van der Waals surface area (Å²) in [6, 6.07) is 2.83. The second-order valence-corrected chi connectivity index (χ2v) is 3.24. The van der Waals surface area contributed by atoms with Gasteiger partial charge in [-0.25, -0.2) is 0 Å². The highest BCUT2D eigenvalue weighted by Gasteiger charge is 2.35. The summed E-state index contributed by atoms with van der Waals surface area (Å²) < 4.78 is 37.7. The molecule has 0 aliphatic heterocycles. The van der Waals surface area contributed by atoms with Crippen LogP contribution in [0.3, 0.4) is 0 Å². The minimum Gasteiger partial charge on any atom is -0.298 e. The van der Waals surface area contributed by atoms with Gasteiger partial charge >= 0.3 is 6.18 Å². The first-order valence-corrected chi connectivity index (χ1v) is 4.43. The topological polar surface area (TPSA) is 57.9 Å². The van der Waals surface area contributed by atoms with Gasteiger partial charge in [0.05, 0.1) is 11.1 Å². The van der Waals surface area contributed by atoms with E-state index in [-0.39, 0.29) is 11.8 Å². The molecular formula is C11H6F3NO2. The van der Waals surface area contributed by atoms with Crippen LogP contribution in [-0.2, 0) is 6.18 Å². The molecule has 0 bridgehead atoms. The first kappa shape index (κ1) is 12.9. The van der Waals surface area contributed by atoms with Crippen LogP contribution in [0.15, 0.2) is 12.1 Å². The van der Waals surface area contributed by atoms with Gasteiger partial charge in [-0.2, -0.15) is 18.4 Å². The summed E-state index contributed by atoms with van der Waals surface area (Å²) in [5.74, 6) is -0.755. The molecular weight excluding hydrogens is 235 g/mol. The average Bonchev–Trinajstić information content (AvgIpc) is 2.25. The molecule has 0 spiro atoms. The lowest BCUT2D eigenvalue weighted by molar-refractivity contribution is -0.137. The minimum atomic E-state index is -4.74. The second-order valence-electron chi connectivity index (χ2n) is 3.24. The van der Waals surface area contributed by atoms with Crippen LogP contribution in [0.25, 0.3) is 0 Å². The van der Waals surface area contributed by atoms with E-state index in [4.69, 9.17) is 5.26 Å². The SMILES string of the molecule is CC(=O)c1c(C=O)ccc(C(F)(F)F)c1C#N. The van der Waals surface area contributed by atoms with Gasteiger partial charge in [0, 0.05) is 11.1 Å². The molecule has 1 aromatic carbocycles. The van der Waals surface area contributed by atoms with Crippen molar-refractivity contribution in [1.82, 2.24) is 0 Å². The lowest BCUT2D eigenvalue weighted by atomic mass is 9.94. The lowest BCUT2D eigenvalue weighted by Crippen LogP contribution is -2.13. The molecule has 1 rings (SSSR count). The zero-order valence-corrected chi connectivity index (χ0v) is 8.63. The Morgan fingerprint density at radius 2 is 2.00 bits per heavy atom. The predicted molar refractivity (Wildman–Crippen MR) is 51.6 cm³/mol. The molecule has 0 saturated heterocycles. The van der Waals surface area contributed by atoms with Gasteiger partial charge in [-0.1, -0.05) is 6.07 Å². The molecule has 6 heteroatoms. The Kier molecular flexibility index (Phi) is 3.32. The molecule has 0 atom stereocenters. The van der Waals surface area contributed by atoms with Crippen molar-refractivity contribution in [2.24, 2.45) is 0 Å². The molecule has 88 valence electrons. The fraction of sp³-hybridized carbons (Fsp3) is 0.182. The van der Waals surface area contributed by atoms with Crippen molar-refractivity contribution >= 4 is 12.1 Å². The summed E-state index contributed by atoms with van der Waals surface area (Å²) in [5.41, 5.74) is -2.73. The summed E-state index contributed by atoms with van der Waals surface area (Å²) in [5, 5.41) is 8.71. The molecule has 0 radical (unpaired) electrons. The highest BCUT2D eigenvalue weighted by Crippen LogP contribution is 2.34. The van der Waals surface area contributed by atoms with Crippen LogP contribution >= 0.6 is 0 Å². The molecule has 0 saturated carbocycles. The van der Waals surface area contributed by atoms with Gasteiger partial charge in [0.1, 0.15) is 6.07 Å². The largest absolute Gasteiger partial charge is 0.417 e. The van der Waals surface area contributed by atoms with E-state index in [0.29, 0.717) is 6.07 Å². The number of aldehydes is 1. The first-order valence-electron chi connectivity index (χ1n) is 4.43. The van der Waals surface area contributed by atoms with E-state index in [1.54, 1.807) is 0 Å². The number of hydrogen-bond donors (Lipinski definition) is 0. The highest BCUT2D eigenvalue weighted by atomic mass is 19.4. The highest BCUT2D eigenvalue weighted by molar-refractivity contribution is 6.03. The molecule has 0 heterocycles. The number of alkyl halides is 3. The molecule has 17 heavy (non-hydrogen) atoms. The molecule has 0 aromatic heterocycles. The van der Waals surface area contributed by atoms with Crippen LogP contribution < -0.4 is 0 Å². The summed E-state index contributed by atoms with van der Waals surface area (Å²) in [7, 11) is 0. The van der Waals surface area contributed by atoms with Crippen LogP contribution in [0.4, 0.5) is 13.2 Å². The van der Waals surface area contributed by atoms with Crippen molar-refractivity contribution in [3.63, 3.8) is 0 Å². The third-order valence-electron chi connectivity index (χ3n) is 2.13. The molecule has 0 aliphatic carbocycles. The third-order valence-corrected chi connectivity index (χ3v) is 2.13. The number of rotatable bonds is 2. The van der Waals surface area contributed by atoms with E-state index in [0.717, 1.165) is 13.0 Å². The number of Topliss-reactive ketones (excluding diaryl/α,β-unsaturated/α-hetero) is 1. The normalized spacial score (nSPS) is 10.8. The van der Waals surface area contributed by atoms with Gasteiger partial charge in [-0.15, -0.1) is 0 Å². The van der Waals surface area contributed by atoms with E-state index in [9.17, 15) is 22.8 Å². The van der Waals surface area contributed by atoms with Crippen molar-refractivity contribution in [1.29, 1.82) is 5.26 Å². The Morgan fingerprint density at radius 3 is 2.35 bits per heavy atom. The van der Waals surface area contributed by atoms with Crippen LogP contribution in [0.1, 0.15) is 38.8 Å². The van der Waals surface area contributed by atoms with Gasteiger partial charge in [-0.05, 0) is 13.0 Å². The minimum absolute atomic E-state index is 0.220. The van der Waals surface area contributed by atoms with Crippen LogP contribution in [-0.4, -0.2) is 12.1 Å². The zero-order valence-electron chi connectivity index (χ0n) is 8.63. The van der Waals surface area contributed by atoms with Crippen molar-refractivity contribution in [3.8, 4) is 6.07 Å². The molecule has 3 nitrogen and oxygen atoms in total. The zero-order chi connectivity index (χ0) is 13.2. The summed E-state index contributed by atoms with van der Waals surface area (Å²) in [6.07, 6.45) is -4.49. The molecule has 0 fully saturated rings. The number of carbonyl (C=O) groups excluding carboxylic acids is 2. The lowest BCUT2D eigenvalue weighted by Gasteiger charge is -2.12. The van der Waals surface area contributed by atoms with E-state index in [2.05, 4.69) is 0 Å². The molecule has 0 amide bonds. The van der Waals surface area contributed by atoms with Crippen LogP contribution in [0, 0.1) is 11.3 Å². The standard InChI is InChI=1S/C11H6F3NO2/c1-6(17)10-7(5-16)2-3-9(8(10)4-15)11(12,13)14/h2-3,5H,1H3. The number of hydrogen-bond acceptors (Lipinski definition) is 3. The van der Waals surface area contributed by atoms with Crippen molar-refractivity contribution in [2.45, 2.75) is 13.1 Å². The number of halogens is 3. The number of benzene rings is 1. The fourth-order valence-corrected chi connectivity index (χ4v) is 1.45. The predicted octanol–water partition coefficient (Wildman–Crippen LogP) is 2.59. The van der Waals surface area contributed by atoms with Gasteiger partial charge < -0.3 is 0 Å². The molecule has 0 aliphatic rings. The van der Waals surface area contributed by atoms with E-state index in [1.807, 2.05) is 0 Å². The first-order chi connectivity index (χ1) is 7.82. The Labute approximate surface area is 94.5 Å². The number of ketones is 1. The molecule has 1 aromatic rings. The monoisotopic (exact) mass is 241 g/mol.